The number of rotatable bonds is 4. The van der Waals surface area contributed by atoms with Crippen molar-refractivity contribution in [1.82, 2.24) is 0 Å². The average Bonchev–Trinajstić information content (AvgIpc) is 2.42. The van der Waals surface area contributed by atoms with Gasteiger partial charge in [0, 0.05) is 16.7 Å². The number of Topliss-reactive ketones (excluding diaryl/α,β-unsaturated/α-hetero) is 1. The summed E-state index contributed by atoms with van der Waals surface area (Å²) < 4.78 is 5.46. The molecule has 5 nitrogen and oxygen atoms in total. The third-order valence-corrected chi connectivity index (χ3v) is 3.52. The highest BCUT2D eigenvalue weighted by Gasteiger charge is 2.20. The summed E-state index contributed by atoms with van der Waals surface area (Å²) in [5.74, 6) is -0.367. The fraction of sp³-hybridized carbons (Fsp3) is 0.0714. The van der Waals surface area contributed by atoms with Crippen LogP contribution in [-0.4, -0.2) is 10.7 Å². The molecule has 0 saturated carbocycles. The fourth-order valence-electron chi connectivity index (χ4n) is 1.70. The van der Waals surface area contributed by atoms with Gasteiger partial charge in [-0.3, -0.25) is 14.9 Å². The molecule has 8 heteroatoms. The normalized spacial score (nSPS) is 10.4. The maximum Gasteiger partial charge on any atom is 0.311 e. The summed E-state index contributed by atoms with van der Waals surface area (Å²) >= 11 is 17.8. The van der Waals surface area contributed by atoms with Gasteiger partial charge in [-0.2, -0.15) is 0 Å². The number of benzene rings is 2. The Morgan fingerprint density at radius 2 is 1.73 bits per heavy atom. The topological polar surface area (TPSA) is 69.4 Å². The number of hydrogen-bond acceptors (Lipinski definition) is 4. The van der Waals surface area contributed by atoms with Crippen molar-refractivity contribution >= 4 is 46.3 Å². The van der Waals surface area contributed by atoms with Crippen LogP contribution in [0.3, 0.4) is 0 Å². The van der Waals surface area contributed by atoms with Crippen LogP contribution in [0.4, 0.5) is 5.69 Å². The molecule has 0 spiro atoms. The predicted octanol–water partition coefficient (Wildman–Crippen LogP) is 5.55. The molecule has 0 radical (unpaired) electrons. The van der Waals surface area contributed by atoms with E-state index >= 15 is 0 Å². The van der Waals surface area contributed by atoms with Gasteiger partial charge in [-0.25, -0.2) is 0 Å². The molecule has 0 aliphatic heterocycles. The average molecular weight is 361 g/mol. The first-order valence-corrected chi connectivity index (χ1v) is 7.04. The lowest BCUT2D eigenvalue weighted by Gasteiger charge is -2.11. The van der Waals surface area contributed by atoms with Crippen molar-refractivity contribution in [3.8, 4) is 11.5 Å². The third kappa shape index (κ3) is 3.50. The molecule has 0 aliphatic carbocycles. The maximum atomic E-state index is 11.4. The van der Waals surface area contributed by atoms with E-state index in [1.54, 1.807) is 0 Å². The second kappa shape index (κ2) is 6.52. The minimum absolute atomic E-state index is 0.0246. The van der Waals surface area contributed by atoms with Crippen LogP contribution in [0.1, 0.15) is 17.3 Å². The molecule has 114 valence electrons. The minimum Gasteiger partial charge on any atom is -0.447 e. The van der Waals surface area contributed by atoms with Crippen molar-refractivity contribution in [3.63, 3.8) is 0 Å². The molecule has 0 amide bonds. The predicted molar refractivity (Wildman–Crippen MR) is 84.6 cm³/mol. The highest BCUT2D eigenvalue weighted by Crippen LogP contribution is 2.41. The van der Waals surface area contributed by atoms with Gasteiger partial charge in [0.1, 0.15) is 0 Å². The summed E-state index contributed by atoms with van der Waals surface area (Å²) in [5.41, 5.74) is -0.0473. The van der Waals surface area contributed by atoms with E-state index in [4.69, 9.17) is 39.5 Å². The maximum absolute atomic E-state index is 11.4. The zero-order valence-corrected chi connectivity index (χ0v) is 13.4. The number of carbonyl (C=O) groups excluding carboxylic acids is 1. The molecule has 2 aromatic carbocycles. The van der Waals surface area contributed by atoms with E-state index in [0.29, 0.717) is 5.02 Å². The van der Waals surface area contributed by atoms with E-state index in [1.807, 2.05) is 0 Å². The second-order valence-electron chi connectivity index (χ2n) is 4.30. The minimum atomic E-state index is -0.628. The summed E-state index contributed by atoms with van der Waals surface area (Å²) in [4.78, 5) is 21.9. The van der Waals surface area contributed by atoms with Gasteiger partial charge < -0.3 is 4.74 Å². The summed E-state index contributed by atoms with van der Waals surface area (Å²) in [7, 11) is 0. The number of nitro benzene ring substituents is 1. The lowest BCUT2D eigenvalue weighted by Crippen LogP contribution is -1.98. The van der Waals surface area contributed by atoms with E-state index in [0.717, 1.165) is 0 Å². The van der Waals surface area contributed by atoms with Gasteiger partial charge >= 0.3 is 5.69 Å². The van der Waals surface area contributed by atoms with Crippen LogP contribution < -0.4 is 4.74 Å². The van der Waals surface area contributed by atoms with Gasteiger partial charge in [0.15, 0.2) is 11.5 Å². The third-order valence-electron chi connectivity index (χ3n) is 2.74. The molecular formula is C14H8Cl3NO4. The first kappa shape index (κ1) is 16.5. The standard InChI is InChI=1S/C14H8Cl3NO4/c1-7(19)8-2-3-12(18(20)21)13(4-8)22-14-10(16)5-9(15)6-11(14)17/h2-6H,1H3. The summed E-state index contributed by atoms with van der Waals surface area (Å²) in [5, 5.41) is 11.6. The van der Waals surface area contributed by atoms with Gasteiger partial charge in [0.2, 0.25) is 5.75 Å². The fourth-order valence-corrected chi connectivity index (χ4v) is 2.60. The van der Waals surface area contributed by atoms with Crippen LogP contribution in [-0.2, 0) is 0 Å². The molecule has 2 aromatic rings. The Bertz CT molecular complexity index is 754. The summed E-state index contributed by atoms with van der Waals surface area (Å²) in [6.45, 7) is 1.34. The lowest BCUT2D eigenvalue weighted by molar-refractivity contribution is -0.385. The number of ether oxygens (including phenoxy) is 1. The Morgan fingerprint density at radius 3 is 2.23 bits per heavy atom. The molecule has 2 rings (SSSR count). The highest BCUT2D eigenvalue weighted by atomic mass is 35.5. The van der Waals surface area contributed by atoms with Gasteiger partial charge in [-0.05, 0) is 31.2 Å². The Hall–Kier alpha value is -1.82. The molecule has 0 aliphatic rings. The van der Waals surface area contributed by atoms with E-state index < -0.39 is 4.92 Å². The molecule has 0 N–H and O–H groups in total. The second-order valence-corrected chi connectivity index (χ2v) is 5.55. The zero-order valence-electron chi connectivity index (χ0n) is 11.1. The number of nitro groups is 1. The van der Waals surface area contributed by atoms with Crippen molar-refractivity contribution in [2.24, 2.45) is 0 Å². The summed E-state index contributed by atoms with van der Waals surface area (Å²) in [6.07, 6.45) is 0. The van der Waals surface area contributed by atoms with Crippen LogP contribution in [0, 0.1) is 10.1 Å². The Labute approximate surface area is 140 Å². The van der Waals surface area contributed by atoms with Crippen molar-refractivity contribution in [2.45, 2.75) is 6.92 Å². The van der Waals surface area contributed by atoms with Gasteiger partial charge in [-0.15, -0.1) is 0 Å². The van der Waals surface area contributed by atoms with Crippen molar-refractivity contribution in [1.29, 1.82) is 0 Å². The van der Waals surface area contributed by atoms with Crippen LogP contribution in [0.25, 0.3) is 0 Å². The number of carbonyl (C=O) groups is 1. The van der Waals surface area contributed by atoms with E-state index in [2.05, 4.69) is 0 Å². The van der Waals surface area contributed by atoms with E-state index in [-0.39, 0.29) is 38.6 Å². The Morgan fingerprint density at radius 1 is 1.14 bits per heavy atom. The molecule has 0 saturated heterocycles. The molecule has 0 fully saturated rings. The van der Waals surface area contributed by atoms with E-state index in [9.17, 15) is 14.9 Å². The molecule has 22 heavy (non-hydrogen) atoms. The number of hydrogen-bond donors (Lipinski definition) is 0. The Balaban J connectivity index is 2.54. The van der Waals surface area contributed by atoms with E-state index in [1.165, 1.54) is 37.3 Å². The monoisotopic (exact) mass is 359 g/mol. The highest BCUT2D eigenvalue weighted by molar-refractivity contribution is 6.40. The molecule has 0 atom stereocenters. The van der Waals surface area contributed by atoms with Crippen LogP contribution in [0.15, 0.2) is 30.3 Å². The number of nitrogens with zero attached hydrogens (tertiary/aromatic N) is 1. The number of ketones is 1. The van der Waals surface area contributed by atoms with Gasteiger partial charge in [0.25, 0.3) is 0 Å². The first-order chi connectivity index (χ1) is 10.3. The smallest absolute Gasteiger partial charge is 0.311 e. The van der Waals surface area contributed by atoms with Crippen molar-refractivity contribution < 1.29 is 14.5 Å². The van der Waals surface area contributed by atoms with Gasteiger partial charge in [0.05, 0.1) is 15.0 Å². The SMILES string of the molecule is CC(=O)c1ccc([N+](=O)[O-])c(Oc2c(Cl)cc(Cl)cc2Cl)c1. The lowest BCUT2D eigenvalue weighted by atomic mass is 10.1. The van der Waals surface area contributed by atoms with Crippen LogP contribution in [0.5, 0.6) is 11.5 Å². The molecule has 0 aromatic heterocycles. The van der Waals surface area contributed by atoms with Crippen molar-refractivity contribution in [2.75, 3.05) is 0 Å². The van der Waals surface area contributed by atoms with Crippen molar-refractivity contribution in [3.05, 3.63) is 61.1 Å². The number of halogens is 3. The molecule has 0 unspecified atom stereocenters. The zero-order chi connectivity index (χ0) is 16.4. The molecular weight excluding hydrogens is 353 g/mol. The summed E-state index contributed by atoms with van der Waals surface area (Å²) in [6, 6.07) is 6.58. The molecule has 0 heterocycles. The van der Waals surface area contributed by atoms with Crippen LogP contribution in [0.2, 0.25) is 15.1 Å². The molecule has 0 bridgehead atoms. The quantitative estimate of drug-likeness (QED) is 0.407. The van der Waals surface area contributed by atoms with Crippen LogP contribution >= 0.6 is 34.8 Å². The largest absolute Gasteiger partial charge is 0.447 e. The van der Waals surface area contributed by atoms with Gasteiger partial charge in [-0.1, -0.05) is 34.8 Å². The Kier molecular flexibility index (Phi) is 4.90. The first-order valence-electron chi connectivity index (χ1n) is 5.91.